The summed E-state index contributed by atoms with van der Waals surface area (Å²) in [5.41, 5.74) is 2.75. The maximum Gasteiger partial charge on any atom is 0.0589 e. The Balaban J connectivity index is 1.85. The van der Waals surface area contributed by atoms with Gasteiger partial charge in [-0.05, 0) is 24.6 Å². The lowest BCUT2D eigenvalue weighted by Gasteiger charge is -2.24. The molecule has 1 heterocycles. The molecule has 0 aliphatic carbocycles. The molecule has 1 unspecified atom stereocenters. The van der Waals surface area contributed by atoms with Crippen molar-refractivity contribution in [1.82, 2.24) is 4.90 Å². The van der Waals surface area contributed by atoms with Crippen LogP contribution in [0, 0.1) is 0 Å². The maximum atomic E-state index is 5.14. The lowest BCUT2D eigenvalue weighted by molar-refractivity contribution is 0.148. The van der Waals surface area contributed by atoms with Gasteiger partial charge in [-0.2, -0.15) is 0 Å². The molecule has 1 aromatic carbocycles. The highest BCUT2D eigenvalue weighted by Gasteiger charge is 2.21. The zero-order valence-corrected chi connectivity index (χ0v) is 10.8. The summed E-state index contributed by atoms with van der Waals surface area (Å²) in [5, 5.41) is 3.59. The van der Waals surface area contributed by atoms with E-state index in [0.29, 0.717) is 6.04 Å². The minimum absolute atomic E-state index is 0.546. The number of benzene rings is 1. The number of likely N-dealkylation sites (N-methyl/N-ethyl adjacent to an activating group) is 1. The summed E-state index contributed by atoms with van der Waals surface area (Å²) in [6.07, 6.45) is 1.14. The van der Waals surface area contributed by atoms with Gasteiger partial charge in [0, 0.05) is 31.9 Å². The number of para-hydroxylation sites is 1. The van der Waals surface area contributed by atoms with Crippen molar-refractivity contribution in [3.05, 3.63) is 29.8 Å². The summed E-state index contributed by atoms with van der Waals surface area (Å²) in [6.45, 7) is 6.21. The largest absolute Gasteiger partial charge is 0.383 e. The van der Waals surface area contributed by atoms with E-state index in [2.05, 4.69) is 41.4 Å². The lowest BCUT2D eigenvalue weighted by atomic mass is 10.1. The van der Waals surface area contributed by atoms with Crippen LogP contribution >= 0.6 is 0 Å². The molecule has 3 heteroatoms. The molecule has 17 heavy (non-hydrogen) atoms. The summed E-state index contributed by atoms with van der Waals surface area (Å²) < 4.78 is 5.14. The van der Waals surface area contributed by atoms with Crippen molar-refractivity contribution in [1.29, 1.82) is 0 Å². The number of ether oxygens (including phenoxy) is 1. The molecule has 94 valence electrons. The fourth-order valence-electron chi connectivity index (χ4n) is 2.40. The second-order valence-electron chi connectivity index (χ2n) is 4.59. The van der Waals surface area contributed by atoms with E-state index in [9.17, 15) is 0 Å². The van der Waals surface area contributed by atoms with Gasteiger partial charge in [0.1, 0.15) is 0 Å². The Morgan fingerprint density at radius 1 is 1.41 bits per heavy atom. The van der Waals surface area contributed by atoms with Crippen LogP contribution < -0.4 is 5.32 Å². The monoisotopic (exact) mass is 234 g/mol. The normalized spacial score (nSPS) is 18.2. The van der Waals surface area contributed by atoms with E-state index >= 15 is 0 Å². The lowest BCUT2D eigenvalue weighted by Crippen LogP contribution is -2.37. The molecule has 0 bridgehead atoms. The Kier molecular flexibility index (Phi) is 4.40. The Labute approximate surface area is 104 Å². The first kappa shape index (κ1) is 12.4. The highest BCUT2D eigenvalue weighted by molar-refractivity contribution is 5.56. The predicted octanol–water partition coefficient (Wildman–Crippen LogP) is 1.99. The second-order valence-corrected chi connectivity index (χ2v) is 4.59. The van der Waals surface area contributed by atoms with Gasteiger partial charge >= 0.3 is 0 Å². The topological polar surface area (TPSA) is 24.5 Å². The minimum Gasteiger partial charge on any atom is -0.383 e. The number of hydrogen-bond donors (Lipinski definition) is 1. The van der Waals surface area contributed by atoms with Gasteiger partial charge < -0.3 is 10.1 Å². The molecular formula is C14H22N2O. The van der Waals surface area contributed by atoms with E-state index in [1.807, 2.05) is 0 Å². The Morgan fingerprint density at radius 3 is 2.94 bits per heavy atom. The summed E-state index contributed by atoms with van der Waals surface area (Å²) in [5.74, 6) is 0. The number of rotatable bonds is 6. The molecule has 0 spiro atoms. The number of hydrogen-bond acceptors (Lipinski definition) is 3. The van der Waals surface area contributed by atoms with Crippen LogP contribution in [0.1, 0.15) is 12.5 Å². The highest BCUT2D eigenvalue weighted by atomic mass is 16.5. The molecule has 1 aromatic rings. The van der Waals surface area contributed by atoms with E-state index < -0.39 is 0 Å². The molecule has 1 atom stereocenters. The zero-order valence-electron chi connectivity index (χ0n) is 10.8. The molecule has 1 N–H and O–H groups in total. The number of nitrogens with one attached hydrogen (secondary N) is 1. The van der Waals surface area contributed by atoms with Gasteiger partial charge in [-0.3, -0.25) is 4.90 Å². The van der Waals surface area contributed by atoms with Crippen LogP contribution in [0.2, 0.25) is 0 Å². The van der Waals surface area contributed by atoms with Gasteiger partial charge in [0.15, 0.2) is 0 Å². The molecule has 0 aromatic heterocycles. The summed E-state index contributed by atoms with van der Waals surface area (Å²) in [6, 6.07) is 9.14. The molecule has 3 nitrogen and oxygen atoms in total. The second kappa shape index (κ2) is 6.03. The first-order chi connectivity index (χ1) is 8.33. The first-order valence-corrected chi connectivity index (χ1v) is 6.39. The summed E-state index contributed by atoms with van der Waals surface area (Å²) in [7, 11) is 1.76. The molecule has 0 saturated heterocycles. The van der Waals surface area contributed by atoms with Crippen LogP contribution in [0.25, 0.3) is 0 Å². The molecule has 0 radical (unpaired) electrons. The van der Waals surface area contributed by atoms with E-state index in [-0.39, 0.29) is 0 Å². The molecule has 0 amide bonds. The van der Waals surface area contributed by atoms with E-state index in [1.165, 1.54) is 11.3 Å². The Hall–Kier alpha value is -1.06. The van der Waals surface area contributed by atoms with Crippen molar-refractivity contribution < 1.29 is 4.74 Å². The number of fused-ring (bicyclic) bond motifs is 1. The van der Waals surface area contributed by atoms with Gasteiger partial charge in [-0.15, -0.1) is 0 Å². The fourth-order valence-corrected chi connectivity index (χ4v) is 2.40. The fraction of sp³-hybridized carbons (Fsp3) is 0.571. The quantitative estimate of drug-likeness (QED) is 0.814. The van der Waals surface area contributed by atoms with Crippen LogP contribution in [-0.2, 0) is 11.2 Å². The standard InChI is InChI=1S/C14H22N2O/c1-3-16(8-9-17-2)11-13-10-12-6-4-5-7-14(12)15-13/h4-7,13,15H,3,8-11H2,1-2H3. The van der Waals surface area contributed by atoms with Crippen molar-refractivity contribution in [2.45, 2.75) is 19.4 Å². The predicted molar refractivity (Wildman–Crippen MR) is 71.5 cm³/mol. The van der Waals surface area contributed by atoms with Crippen molar-refractivity contribution in [3.63, 3.8) is 0 Å². The molecule has 0 fully saturated rings. The van der Waals surface area contributed by atoms with Crippen LogP contribution in [0.5, 0.6) is 0 Å². The average Bonchev–Trinajstić information content (AvgIpc) is 2.76. The third-order valence-corrected chi connectivity index (χ3v) is 3.38. The highest BCUT2D eigenvalue weighted by Crippen LogP contribution is 2.25. The van der Waals surface area contributed by atoms with E-state index in [0.717, 1.165) is 32.7 Å². The Morgan fingerprint density at radius 2 is 2.24 bits per heavy atom. The average molecular weight is 234 g/mol. The molecule has 2 rings (SSSR count). The molecule has 1 aliphatic heterocycles. The summed E-state index contributed by atoms with van der Waals surface area (Å²) >= 11 is 0. The number of methoxy groups -OCH3 is 1. The summed E-state index contributed by atoms with van der Waals surface area (Å²) in [4.78, 5) is 2.44. The minimum atomic E-state index is 0.546. The van der Waals surface area contributed by atoms with Gasteiger partial charge in [0.2, 0.25) is 0 Å². The smallest absolute Gasteiger partial charge is 0.0589 e. The molecular weight excluding hydrogens is 212 g/mol. The third kappa shape index (κ3) is 3.20. The number of anilines is 1. The van der Waals surface area contributed by atoms with Gasteiger partial charge in [0.25, 0.3) is 0 Å². The van der Waals surface area contributed by atoms with Crippen molar-refractivity contribution in [2.75, 3.05) is 38.7 Å². The Bertz CT molecular complexity index is 329. The van der Waals surface area contributed by atoms with Crippen LogP contribution in [0.4, 0.5) is 5.69 Å². The van der Waals surface area contributed by atoms with Crippen molar-refractivity contribution >= 4 is 5.69 Å². The molecule has 0 saturated carbocycles. The number of nitrogens with zero attached hydrogens (tertiary/aromatic N) is 1. The van der Waals surface area contributed by atoms with Crippen molar-refractivity contribution in [3.8, 4) is 0 Å². The van der Waals surface area contributed by atoms with Gasteiger partial charge in [-0.1, -0.05) is 25.1 Å². The van der Waals surface area contributed by atoms with Crippen LogP contribution in [0.3, 0.4) is 0 Å². The molecule has 1 aliphatic rings. The van der Waals surface area contributed by atoms with Crippen LogP contribution in [-0.4, -0.2) is 44.3 Å². The van der Waals surface area contributed by atoms with Crippen LogP contribution in [0.15, 0.2) is 24.3 Å². The zero-order chi connectivity index (χ0) is 12.1. The third-order valence-electron chi connectivity index (χ3n) is 3.38. The first-order valence-electron chi connectivity index (χ1n) is 6.39. The maximum absolute atomic E-state index is 5.14. The van der Waals surface area contributed by atoms with Crippen molar-refractivity contribution in [2.24, 2.45) is 0 Å². The van der Waals surface area contributed by atoms with E-state index in [1.54, 1.807) is 7.11 Å². The van der Waals surface area contributed by atoms with Gasteiger partial charge in [-0.25, -0.2) is 0 Å². The van der Waals surface area contributed by atoms with Gasteiger partial charge in [0.05, 0.1) is 6.61 Å². The SMILES string of the molecule is CCN(CCOC)CC1Cc2ccccc2N1. The van der Waals surface area contributed by atoms with E-state index in [4.69, 9.17) is 4.74 Å².